The molecule has 4 amide bonds. The van der Waals surface area contributed by atoms with Crippen LogP contribution in [-0.4, -0.2) is 79.2 Å². The van der Waals surface area contributed by atoms with Crippen LogP contribution in [0, 0.1) is 12.8 Å². The topological polar surface area (TPSA) is 102 Å². The summed E-state index contributed by atoms with van der Waals surface area (Å²) in [6.45, 7) is 5.82. The Hall–Kier alpha value is -3.72. The van der Waals surface area contributed by atoms with Gasteiger partial charge in [0, 0.05) is 63.6 Å². The van der Waals surface area contributed by atoms with E-state index in [0.717, 1.165) is 11.3 Å². The van der Waals surface area contributed by atoms with E-state index in [1.54, 1.807) is 17.0 Å². The van der Waals surface area contributed by atoms with Gasteiger partial charge >= 0.3 is 11.8 Å². The van der Waals surface area contributed by atoms with E-state index in [0.29, 0.717) is 51.5 Å². The zero-order valence-electron chi connectivity index (χ0n) is 19.9. The fourth-order valence-electron chi connectivity index (χ4n) is 4.41. The molecule has 0 aliphatic carbocycles. The molecule has 1 atom stereocenters. The normalized spacial score (nSPS) is 18.4. The van der Waals surface area contributed by atoms with Crippen molar-refractivity contribution >= 4 is 35.0 Å². The lowest BCUT2D eigenvalue weighted by Gasteiger charge is -2.35. The summed E-state index contributed by atoms with van der Waals surface area (Å²) in [4.78, 5) is 55.2. The molecule has 2 aliphatic heterocycles. The van der Waals surface area contributed by atoms with E-state index in [1.165, 1.54) is 0 Å². The average Bonchev–Trinajstić information content (AvgIpc) is 3.27. The Labute approximate surface area is 205 Å². The number of carbonyl (C=O) groups is 4. The van der Waals surface area contributed by atoms with Crippen molar-refractivity contribution < 1.29 is 19.2 Å². The summed E-state index contributed by atoms with van der Waals surface area (Å²) in [5.74, 6) is -1.68. The Morgan fingerprint density at radius 3 is 2.29 bits per heavy atom. The van der Waals surface area contributed by atoms with E-state index >= 15 is 0 Å². The van der Waals surface area contributed by atoms with Gasteiger partial charge in [-0.1, -0.05) is 35.9 Å². The smallest absolute Gasteiger partial charge is 0.313 e. The van der Waals surface area contributed by atoms with Crippen LogP contribution in [0.25, 0.3) is 0 Å². The molecule has 2 saturated heterocycles. The van der Waals surface area contributed by atoms with E-state index in [4.69, 9.17) is 0 Å². The van der Waals surface area contributed by atoms with Crippen molar-refractivity contribution in [3.63, 3.8) is 0 Å². The predicted molar refractivity (Wildman–Crippen MR) is 133 cm³/mol. The quantitative estimate of drug-likeness (QED) is 0.610. The van der Waals surface area contributed by atoms with Gasteiger partial charge in [-0.3, -0.25) is 24.1 Å². The van der Waals surface area contributed by atoms with Crippen LogP contribution in [0.5, 0.6) is 0 Å². The number of hydrogen-bond donors (Lipinski definition) is 2. The van der Waals surface area contributed by atoms with Crippen LogP contribution in [0.4, 0.5) is 11.4 Å². The summed E-state index contributed by atoms with van der Waals surface area (Å²) >= 11 is 0. The minimum atomic E-state index is -0.695. The van der Waals surface area contributed by atoms with Gasteiger partial charge in [-0.15, -0.1) is 0 Å². The number of anilines is 2. The number of benzene rings is 2. The van der Waals surface area contributed by atoms with E-state index in [2.05, 4.69) is 15.5 Å². The molecule has 2 N–H and O–H groups in total. The first-order valence-electron chi connectivity index (χ1n) is 11.9. The van der Waals surface area contributed by atoms with Crippen LogP contribution in [0.2, 0.25) is 0 Å². The Kier molecular flexibility index (Phi) is 7.77. The Bertz CT molecular complexity index is 1060. The molecule has 184 valence electrons. The van der Waals surface area contributed by atoms with Gasteiger partial charge in [-0.25, -0.2) is 0 Å². The maximum atomic E-state index is 13.0. The lowest BCUT2D eigenvalue weighted by Crippen LogP contribution is -2.52. The van der Waals surface area contributed by atoms with Gasteiger partial charge in [0.25, 0.3) is 0 Å². The number of aryl methyl sites for hydroxylation is 1. The largest absolute Gasteiger partial charge is 0.347 e. The molecule has 2 fully saturated rings. The second kappa shape index (κ2) is 11.1. The maximum Gasteiger partial charge on any atom is 0.313 e. The summed E-state index contributed by atoms with van der Waals surface area (Å²) < 4.78 is 0. The molecule has 4 rings (SSSR count). The SMILES string of the molecule is Cc1ccc(NC(=O)C(=O)NCCN2CCN(C(=O)[C@@H]3CC(=O)N(c4ccccc4)C3)CC2)cc1. The predicted octanol–water partition coefficient (Wildman–Crippen LogP) is 1.25. The van der Waals surface area contributed by atoms with Crippen molar-refractivity contribution in [1.29, 1.82) is 0 Å². The highest BCUT2D eigenvalue weighted by molar-refractivity contribution is 6.39. The monoisotopic (exact) mass is 477 g/mol. The van der Waals surface area contributed by atoms with Crippen molar-refractivity contribution in [2.45, 2.75) is 13.3 Å². The number of piperazine rings is 1. The first-order chi connectivity index (χ1) is 16.9. The van der Waals surface area contributed by atoms with Gasteiger partial charge in [0.1, 0.15) is 0 Å². The van der Waals surface area contributed by atoms with Crippen LogP contribution in [0.15, 0.2) is 54.6 Å². The molecule has 35 heavy (non-hydrogen) atoms. The van der Waals surface area contributed by atoms with Crippen molar-refractivity contribution in [2.24, 2.45) is 5.92 Å². The minimum absolute atomic E-state index is 0.0182. The minimum Gasteiger partial charge on any atom is -0.347 e. The van der Waals surface area contributed by atoms with Gasteiger partial charge in [-0.2, -0.15) is 0 Å². The highest BCUT2D eigenvalue weighted by Crippen LogP contribution is 2.26. The van der Waals surface area contributed by atoms with E-state index in [1.807, 2.05) is 54.3 Å². The zero-order chi connectivity index (χ0) is 24.8. The fraction of sp³-hybridized carbons (Fsp3) is 0.385. The molecular formula is C26H31N5O4. The molecule has 0 radical (unpaired) electrons. The molecular weight excluding hydrogens is 446 g/mol. The molecule has 2 heterocycles. The molecule has 0 saturated carbocycles. The Balaban J connectivity index is 1.16. The molecule has 9 nitrogen and oxygen atoms in total. The van der Waals surface area contributed by atoms with Crippen LogP contribution in [0.3, 0.4) is 0 Å². The van der Waals surface area contributed by atoms with Crippen molar-refractivity contribution in [1.82, 2.24) is 15.1 Å². The van der Waals surface area contributed by atoms with E-state index in [-0.39, 0.29) is 24.2 Å². The lowest BCUT2D eigenvalue weighted by atomic mass is 10.1. The number of rotatable bonds is 6. The van der Waals surface area contributed by atoms with Gasteiger partial charge in [0.05, 0.1) is 5.92 Å². The molecule has 2 aliphatic rings. The Morgan fingerprint density at radius 1 is 0.914 bits per heavy atom. The second-order valence-corrected chi connectivity index (χ2v) is 8.98. The van der Waals surface area contributed by atoms with Crippen LogP contribution in [-0.2, 0) is 19.2 Å². The molecule has 0 bridgehead atoms. The number of nitrogens with zero attached hydrogens (tertiary/aromatic N) is 3. The van der Waals surface area contributed by atoms with Crippen LogP contribution >= 0.6 is 0 Å². The molecule has 2 aromatic carbocycles. The lowest BCUT2D eigenvalue weighted by molar-refractivity contribution is -0.137. The molecule has 0 unspecified atom stereocenters. The van der Waals surface area contributed by atoms with E-state index < -0.39 is 11.8 Å². The van der Waals surface area contributed by atoms with Gasteiger partial charge in [0.2, 0.25) is 11.8 Å². The summed E-state index contributed by atoms with van der Waals surface area (Å²) in [6.07, 6.45) is 0.241. The number of para-hydroxylation sites is 1. The summed E-state index contributed by atoms with van der Waals surface area (Å²) in [7, 11) is 0. The Morgan fingerprint density at radius 2 is 1.60 bits per heavy atom. The van der Waals surface area contributed by atoms with E-state index in [9.17, 15) is 19.2 Å². The highest BCUT2D eigenvalue weighted by atomic mass is 16.2. The number of carbonyl (C=O) groups excluding carboxylic acids is 4. The van der Waals surface area contributed by atoms with Crippen LogP contribution in [0.1, 0.15) is 12.0 Å². The number of amides is 4. The first kappa shape index (κ1) is 24.4. The number of hydrogen-bond acceptors (Lipinski definition) is 5. The van der Waals surface area contributed by atoms with Crippen molar-refractivity contribution in [3.05, 3.63) is 60.2 Å². The zero-order valence-corrected chi connectivity index (χ0v) is 19.9. The molecule has 0 spiro atoms. The highest BCUT2D eigenvalue weighted by Gasteiger charge is 2.37. The third kappa shape index (κ3) is 6.24. The van der Waals surface area contributed by atoms with Crippen molar-refractivity contribution in [3.8, 4) is 0 Å². The third-order valence-electron chi connectivity index (χ3n) is 6.46. The van der Waals surface area contributed by atoms with Gasteiger partial charge in [-0.05, 0) is 31.2 Å². The summed E-state index contributed by atoms with van der Waals surface area (Å²) in [5, 5.41) is 5.23. The molecule has 0 aromatic heterocycles. The van der Waals surface area contributed by atoms with Crippen molar-refractivity contribution in [2.75, 3.05) is 56.0 Å². The second-order valence-electron chi connectivity index (χ2n) is 8.98. The summed E-state index contributed by atoms with van der Waals surface area (Å²) in [6, 6.07) is 16.7. The standard InChI is InChI=1S/C26H31N5O4/c1-19-7-9-21(10-8-19)28-25(34)24(33)27-11-12-29-13-15-30(16-14-29)26(35)20-17-23(32)31(18-20)22-5-3-2-4-6-22/h2-10,20H,11-18H2,1H3,(H,27,33)(H,28,34)/t20-/m1/s1. The van der Waals surface area contributed by atoms with Gasteiger partial charge in [0.15, 0.2) is 0 Å². The van der Waals surface area contributed by atoms with Gasteiger partial charge < -0.3 is 20.4 Å². The third-order valence-corrected chi connectivity index (χ3v) is 6.46. The van der Waals surface area contributed by atoms with Crippen LogP contribution < -0.4 is 15.5 Å². The maximum absolute atomic E-state index is 13.0. The first-order valence-corrected chi connectivity index (χ1v) is 11.9. The molecule has 9 heteroatoms. The molecule has 2 aromatic rings. The summed E-state index contributed by atoms with van der Waals surface area (Å²) in [5.41, 5.74) is 2.47. The fourth-order valence-corrected chi connectivity index (χ4v) is 4.41. The average molecular weight is 478 g/mol. The number of nitrogens with one attached hydrogen (secondary N) is 2.